The number of nitrogens with zero attached hydrogens (tertiary/aromatic N) is 6. The normalized spacial score (nSPS) is 16.4. The highest BCUT2D eigenvalue weighted by molar-refractivity contribution is 7.99. The Morgan fingerprint density at radius 2 is 1.81 bits per heavy atom. The van der Waals surface area contributed by atoms with Crippen molar-refractivity contribution in [3.05, 3.63) is 41.8 Å². The number of ether oxygens (including phenoxy) is 1. The van der Waals surface area contributed by atoms with Gasteiger partial charge in [-0.2, -0.15) is 4.98 Å². The molecule has 1 aromatic carbocycles. The maximum Gasteiger partial charge on any atom is 0.239 e. The van der Waals surface area contributed by atoms with Crippen LogP contribution in [0.5, 0.6) is 0 Å². The lowest BCUT2D eigenvalue weighted by Gasteiger charge is -2.27. The van der Waals surface area contributed by atoms with E-state index in [2.05, 4.69) is 50.6 Å². The highest BCUT2D eigenvalue weighted by Gasteiger charge is 2.25. The molecule has 32 heavy (non-hydrogen) atoms. The number of rotatable bonds is 7. The average molecular weight is 461 g/mol. The predicted molar refractivity (Wildman–Crippen MR) is 120 cm³/mol. The summed E-state index contributed by atoms with van der Waals surface area (Å²) < 4.78 is 26.5. The van der Waals surface area contributed by atoms with Gasteiger partial charge in [0.25, 0.3) is 0 Å². The molecule has 0 spiro atoms. The van der Waals surface area contributed by atoms with Crippen LogP contribution in [0, 0.1) is 5.82 Å². The lowest BCUT2D eigenvalue weighted by Crippen LogP contribution is -2.38. The first-order chi connectivity index (χ1) is 15.3. The summed E-state index contributed by atoms with van der Waals surface area (Å²) in [6.07, 6.45) is 0. The van der Waals surface area contributed by atoms with Crippen molar-refractivity contribution in [2.45, 2.75) is 50.1 Å². The van der Waals surface area contributed by atoms with E-state index in [9.17, 15) is 4.39 Å². The van der Waals surface area contributed by atoms with E-state index < -0.39 is 0 Å². The fourth-order valence-corrected chi connectivity index (χ4v) is 4.28. The van der Waals surface area contributed by atoms with Crippen LogP contribution in [0.15, 0.2) is 33.9 Å². The van der Waals surface area contributed by atoms with E-state index in [0.29, 0.717) is 24.1 Å². The van der Waals surface area contributed by atoms with Gasteiger partial charge in [-0.05, 0) is 31.2 Å². The van der Waals surface area contributed by atoms with E-state index in [0.717, 1.165) is 43.6 Å². The molecule has 1 aliphatic rings. The molecule has 0 amide bonds. The molecule has 2 aromatic heterocycles. The molecule has 0 N–H and O–H groups in total. The van der Waals surface area contributed by atoms with Gasteiger partial charge in [-0.15, -0.1) is 10.2 Å². The Bertz CT molecular complexity index is 1020. The van der Waals surface area contributed by atoms with Gasteiger partial charge in [0.05, 0.1) is 18.5 Å². The number of halogens is 1. The fourth-order valence-electron chi connectivity index (χ4n) is 3.37. The number of morpholine rings is 1. The first kappa shape index (κ1) is 22.9. The molecule has 172 valence electrons. The lowest BCUT2D eigenvalue weighted by molar-refractivity contribution is 0.0361. The van der Waals surface area contributed by atoms with Crippen LogP contribution in [0.25, 0.3) is 11.4 Å². The molecule has 1 unspecified atom stereocenters. The summed E-state index contributed by atoms with van der Waals surface area (Å²) >= 11 is 1.53. The molecule has 8 nitrogen and oxygen atoms in total. The minimum atomic E-state index is -0.276. The number of hydrogen-bond acceptors (Lipinski definition) is 8. The molecule has 1 atom stereocenters. The maximum absolute atomic E-state index is 13.5. The van der Waals surface area contributed by atoms with E-state index in [4.69, 9.17) is 9.26 Å². The fraction of sp³-hybridized carbons (Fsp3) is 0.545. The van der Waals surface area contributed by atoms with Gasteiger partial charge in [-0.25, -0.2) is 4.39 Å². The number of benzene rings is 1. The van der Waals surface area contributed by atoms with Crippen LogP contribution in [0.2, 0.25) is 0 Å². The smallest absolute Gasteiger partial charge is 0.239 e. The Morgan fingerprint density at radius 3 is 2.47 bits per heavy atom. The van der Waals surface area contributed by atoms with E-state index in [1.165, 1.54) is 23.9 Å². The highest BCUT2D eigenvalue weighted by Crippen LogP contribution is 2.35. The van der Waals surface area contributed by atoms with Crippen LogP contribution in [-0.2, 0) is 16.7 Å². The molecule has 4 rings (SSSR count). The lowest BCUT2D eigenvalue weighted by atomic mass is 9.96. The minimum Gasteiger partial charge on any atom is -0.379 e. The van der Waals surface area contributed by atoms with Crippen molar-refractivity contribution < 1.29 is 13.7 Å². The van der Waals surface area contributed by atoms with Crippen LogP contribution in [0.4, 0.5) is 4.39 Å². The SMILES string of the molecule is CC(Sc1nnc(-c2ccc(F)cc2)n1CCN1CCOCC1)c1nc(C(C)(C)C)no1. The van der Waals surface area contributed by atoms with Crippen LogP contribution < -0.4 is 0 Å². The molecule has 0 aliphatic carbocycles. The van der Waals surface area contributed by atoms with Crippen molar-refractivity contribution in [1.29, 1.82) is 0 Å². The van der Waals surface area contributed by atoms with Crippen molar-refractivity contribution in [2.24, 2.45) is 0 Å². The third-order valence-electron chi connectivity index (χ3n) is 5.31. The average Bonchev–Trinajstić information content (AvgIpc) is 3.41. The Morgan fingerprint density at radius 1 is 1.09 bits per heavy atom. The van der Waals surface area contributed by atoms with Crippen LogP contribution in [-0.4, -0.2) is 62.7 Å². The largest absolute Gasteiger partial charge is 0.379 e. The van der Waals surface area contributed by atoms with Gasteiger partial charge in [-0.1, -0.05) is 37.7 Å². The number of thioether (sulfide) groups is 1. The summed E-state index contributed by atoms with van der Waals surface area (Å²) in [7, 11) is 0. The molecule has 3 aromatic rings. The summed E-state index contributed by atoms with van der Waals surface area (Å²) in [4.78, 5) is 6.95. The molecule has 1 saturated heterocycles. The molecule has 1 fully saturated rings. The third-order valence-corrected chi connectivity index (χ3v) is 6.37. The summed E-state index contributed by atoms with van der Waals surface area (Å²) in [5.41, 5.74) is 0.647. The van der Waals surface area contributed by atoms with E-state index >= 15 is 0 Å². The molecular weight excluding hydrogens is 431 g/mol. The Balaban J connectivity index is 1.57. The molecule has 10 heteroatoms. The molecule has 1 aliphatic heterocycles. The van der Waals surface area contributed by atoms with E-state index in [-0.39, 0.29) is 16.5 Å². The second-order valence-electron chi connectivity index (χ2n) is 8.89. The van der Waals surface area contributed by atoms with Crippen molar-refractivity contribution in [1.82, 2.24) is 29.8 Å². The highest BCUT2D eigenvalue weighted by atomic mass is 32.2. The first-order valence-electron chi connectivity index (χ1n) is 10.8. The molecule has 0 saturated carbocycles. The predicted octanol–water partition coefficient (Wildman–Crippen LogP) is 3.95. The van der Waals surface area contributed by atoms with Gasteiger partial charge in [0, 0.05) is 37.2 Å². The molecular formula is C22H29FN6O2S. The van der Waals surface area contributed by atoms with Crippen LogP contribution in [0.3, 0.4) is 0 Å². The van der Waals surface area contributed by atoms with E-state index in [1.54, 1.807) is 12.1 Å². The zero-order chi connectivity index (χ0) is 22.7. The second-order valence-corrected chi connectivity index (χ2v) is 10.2. The molecule has 3 heterocycles. The topological polar surface area (TPSA) is 82.1 Å². The van der Waals surface area contributed by atoms with Crippen molar-refractivity contribution >= 4 is 11.8 Å². The summed E-state index contributed by atoms with van der Waals surface area (Å²) in [6.45, 7) is 13.1. The van der Waals surface area contributed by atoms with E-state index in [1.807, 2.05) is 6.92 Å². The molecule has 0 bridgehead atoms. The van der Waals surface area contributed by atoms with Crippen molar-refractivity contribution in [3.63, 3.8) is 0 Å². The number of aromatic nitrogens is 5. The Kier molecular flexibility index (Phi) is 6.92. The van der Waals surface area contributed by atoms with Gasteiger partial charge < -0.3 is 13.8 Å². The van der Waals surface area contributed by atoms with Gasteiger partial charge in [0.2, 0.25) is 5.89 Å². The maximum atomic E-state index is 13.5. The quantitative estimate of drug-likeness (QED) is 0.490. The summed E-state index contributed by atoms with van der Waals surface area (Å²) in [5.74, 6) is 1.68. The number of hydrogen-bond donors (Lipinski definition) is 0. The van der Waals surface area contributed by atoms with Gasteiger partial charge in [0.1, 0.15) is 5.82 Å². The standard InChI is InChI=1S/C22H29FN6O2S/c1-15(19-24-20(27-31-19)22(2,3)4)32-21-26-25-18(16-5-7-17(23)8-6-16)29(21)10-9-28-11-13-30-14-12-28/h5-8,15H,9-14H2,1-4H3. The Labute approximate surface area is 191 Å². The molecule has 0 radical (unpaired) electrons. The Hall–Kier alpha value is -2.30. The monoisotopic (exact) mass is 460 g/mol. The second kappa shape index (κ2) is 9.68. The van der Waals surface area contributed by atoms with Crippen molar-refractivity contribution in [3.8, 4) is 11.4 Å². The van der Waals surface area contributed by atoms with Crippen molar-refractivity contribution in [2.75, 3.05) is 32.8 Å². The van der Waals surface area contributed by atoms with Gasteiger partial charge in [-0.3, -0.25) is 4.90 Å². The zero-order valence-electron chi connectivity index (χ0n) is 18.9. The summed E-state index contributed by atoms with van der Waals surface area (Å²) in [6, 6.07) is 6.35. The van der Waals surface area contributed by atoms with Gasteiger partial charge in [0.15, 0.2) is 16.8 Å². The van der Waals surface area contributed by atoms with Crippen LogP contribution in [0.1, 0.15) is 44.7 Å². The van der Waals surface area contributed by atoms with Gasteiger partial charge >= 0.3 is 0 Å². The zero-order valence-corrected chi connectivity index (χ0v) is 19.7. The minimum absolute atomic E-state index is 0.0917. The third kappa shape index (κ3) is 5.36. The summed E-state index contributed by atoms with van der Waals surface area (Å²) in [5, 5.41) is 13.7. The van der Waals surface area contributed by atoms with Crippen LogP contribution >= 0.6 is 11.8 Å². The first-order valence-corrected chi connectivity index (χ1v) is 11.7.